The summed E-state index contributed by atoms with van der Waals surface area (Å²) >= 11 is 2.79. The molecule has 0 radical (unpaired) electrons. The lowest BCUT2D eigenvalue weighted by Crippen LogP contribution is -2.11. The van der Waals surface area contributed by atoms with Gasteiger partial charge in [0.1, 0.15) is 15.6 Å². The maximum atomic E-state index is 12.4. The van der Waals surface area contributed by atoms with E-state index in [1.807, 2.05) is 50.4 Å². The summed E-state index contributed by atoms with van der Waals surface area (Å²) in [6.07, 6.45) is 0. The van der Waals surface area contributed by atoms with Gasteiger partial charge in [0.15, 0.2) is 5.13 Å². The fourth-order valence-corrected chi connectivity index (χ4v) is 3.81. The molecule has 124 valence electrons. The van der Waals surface area contributed by atoms with Crippen LogP contribution >= 0.6 is 22.7 Å². The lowest BCUT2D eigenvalue weighted by Gasteiger charge is -2.02. The minimum absolute atomic E-state index is 0.170. The molecule has 0 aliphatic heterocycles. The van der Waals surface area contributed by atoms with Crippen molar-refractivity contribution in [1.29, 1.82) is 0 Å². The molecule has 0 bridgehead atoms. The van der Waals surface area contributed by atoms with E-state index < -0.39 is 0 Å². The van der Waals surface area contributed by atoms with E-state index in [1.54, 1.807) is 0 Å². The highest BCUT2D eigenvalue weighted by atomic mass is 32.1. The highest BCUT2D eigenvalue weighted by Crippen LogP contribution is 2.30. The van der Waals surface area contributed by atoms with Crippen LogP contribution in [0.1, 0.15) is 28.0 Å². The number of carbonyl (C=O) groups excluding carboxylic acids is 1. The number of thiazole rings is 2. The van der Waals surface area contributed by atoms with Gasteiger partial charge in [0.25, 0.3) is 5.91 Å². The summed E-state index contributed by atoms with van der Waals surface area (Å²) in [7, 11) is 0. The average Bonchev–Trinajstić information content (AvgIpc) is 3.14. The Hall–Kier alpha value is -2.25. The van der Waals surface area contributed by atoms with E-state index in [4.69, 9.17) is 4.74 Å². The topological polar surface area (TPSA) is 64.1 Å². The third kappa shape index (κ3) is 3.63. The number of nitrogens with zero attached hydrogens (tertiary/aromatic N) is 2. The number of anilines is 1. The number of hydrogen-bond donors (Lipinski definition) is 1. The molecule has 2 aromatic heterocycles. The molecule has 0 aliphatic carbocycles. The van der Waals surface area contributed by atoms with E-state index in [-0.39, 0.29) is 5.91 Å². The molecule has 2 heterocycles. The van der Waals surface area contributed by atoms with Crippen LogP contribution in [0.5, 0.6) is 5.75 Å². The first kappa shape index (κ1) is 16.6. The molecule has 0 fully saturated rings. The van der Waals surface area contributed by atoms with Crippen molar-refractivity contribution in [3.8, 4) is 16.3 Å². The normalized spacial score (nSPS) is 10.6. The van der Waals surface area contributed by atoms with Crippen LogP contribution in [0.25, 0.3) is 10.6 Å². The zero-order valence-electron chi connectivity index (χ0n) is 13.6. The first-order valence-corrected chi connectivity index (χ1v) is 9.20. The van der Waals surface area contributed by atoms with Crippen molar-refractivity contribution in [3.63, 3.8) is 0 Å². The van der Waals surface area contributed by atoms with E-state index >= 15 is 0 Å². The van der Waals surface area contributed by atoms with E-state index in [2.05, 4.69) is 15.3 Å². The molecule has 5 nitrogen and oxygen atoms in total. The van der Waals surface area contributed by atoms with Crippen LogP contribution < -0.4 is 10.1 Å². The monoisotopic (exact) mass is 359 g/mol. The summed E-state index contributed by atoms with van der Waals surface area (Å²) < 4.78 is 5.45. The number of aromatic nitrogens is 2. The van der Waals surface area contributed by atoms with Gasteiger partial charge >= 0.3 is 0 Å². The van der Waals surface area contributed by atoms with Crippen LogP contribution in [0, 0.1) is 13.8 Å². The quantitative estimate of drug-likeness (QED) is 0.727. The number of rotatable bonds is 5. The van der Waals surface area contributed by atoms with Crippen LogP contribution in [0.15, 0.2) is 29.6 Å². The minimum Gasteiger partial charge on any atom is -0.494 e. The SMILES string of the molecule is CCOc1ccc(-c2nc(C)c(C(=O)Nc3nc(C)cs3)s2)cc1. The Kier molecular flexibility index (Phi) is 4.92. The van der Waals surface area contributed by atoms with E-state index in [0.29, 0.717) is 16.6 Å². The van der Waals surface area contributed by atoms with Gasteiger partial charge in [-0.2, -0.15) is 0 Å². The van der Waals surface area contributed by atoms with Crippen LogP contribution in [0.4, 0.5) is 5.13 Å². The number of nitrogens with one attached hydrogen (secondary N) is 1. The molecule has 0 spiro atoms. The second kappa shape index (κ2) is 7.11. The minimum atomic E-state index is -0.170. The fraction of sp³-hybridized carbons (Fsp3) is 0.235. The number of hydrogen-bond acceptors (Lipinski definition) is 6. The predicted octanol–water partition coefficient (Wildman–Crippen LogP) is 4.53. The molecule has 24 heavy (non-hydrogen) atoms. The van der Waals surface area contributed by atoms with E-state index in [0.717, 1.165) is 27.7 Å². The van der Waals surface area contributed by atoms with Crippen molar-refractivity contribution in [2.24, 2.45) is 0 Å². The Morgan fingerprint density at radius 1 is 1.21 bits per heavy atom. The zero-order valence-corrected chi connectivity index (χ0v) is 15.3. The Morgan fingerprint density at radius 2 is 1.96 bits per heavy atom. The number of benzene rings is 1. The van der Waals surface area contributed by atoms with Crippen LogP contribution in [-0.4, -0.2) is 22.5 Å². The molecule has 0 aliphatic rings. The predicted molar refractivity (Wildman–Crippen MR) is 98.3 cm³/mol. The summed E-state index contributed by atoms with van der Waals surface area (Å²) in [6.45, 7) is 6.33. The number of aryl methyl sites for hydroxylation is 2. The van der Waals surface area contributed by atoms with E-state index in [1.165, 1.54) is 22.7 Å². The maximum absolute atomic E-state index is 12.4. The van der Waals surface area contributed by atoms with Gasteiger partial charge in [0.05, 0.1) is 18.0 Å². The molecule has 3 aromatic rings. The molecule has 7 heteroatoms. The molecule has 3 rings (SSSR count). The number of carbonyl (C=O) groups is 1. The molecular formula is C17H17N3O2S2. The van der Waals surface area contributed by atoms with Crippen molar-refractivity contribution in [1.82, 2.24) is 9.97 Å². The van der Waals surface area contributed by atoms with Gasteiger partial charge in [0, 0.05) is 10.9 Å². The Bertz CT molecular complexity index is 853. The van der Waals surface area contributed by atoms with Gasteiger partial charge in [-0.25, -0.2) is 9.97 Å². The molecular weight excluding hydrogens is 342 g/mol. The Morgan fingerprint density at radius 3 is 2.58 bits per heavy atom. The molecule has 1 amide bonds. The molecule has 0 saturated heterocycles. The molecule has 1 N–H and O–H groups in total. The second-order valence-electron chi connectivity index (χ2n) is 5.14. The summed E-state index contributed by atoms with van der Waals surface area (Å²) in [6, 6.07) is 7.73. The van der Waals surface area contributed by atoms with Gasteiger partial charge in [-0.05, 0) is 45.0 Å². The molecule has 1 aromatic carbocycles. The summed E-state index contributed by atoms with van der Waals surface area (Å²) in [4.78, 5) is 21.8. The van der Waals surface area contributed by atoms with Crippen molar-refractivity contribution in [2.45, 2.75) is 20.8 Å². The van der Waals surface area contributed by atoms with Gasteiger partial charge in [-0.1, -0.05) is 0 Å². The van der Waals surface area contributed by atoms with Gasteiger partial charge in [-0.3, -0.25) is 10.1 Å². The second-order valence-corrected chi connectivity index (χ2v) is 7.00. The van der Waals surface area contributed by atoms with Crippen LogP contribution in [0.3, 0.4) is 0 Å². The van der Waals surface area contributed by atoms with Crippen molar-refractivity contribution >= 4 is 33.7 Å². The van der Waals surface area contributed by atoms with Crippen molar-refractivity contribution in [3.05, 3.63) is 45.9 Å². The first-order valence-electron chi connectivity index (χ1n) is 7.51. The van der Waals surface area contributed by atoms with Crippen molar-refractivity contribution in [2.75, 3.05) is 11.9 Å². The summed E-state index contributed by atoms with van der Waals surface area (Å²) in [5.41, 5.74) is 2.58. The molecule has 0 saturated carbocycles. The third-order valence-corrected chi connectivity index (χ3v) is 5.34. The van der Waals surface area contributed by atoms with Crippen molar-refractivity contribution < 1.29 is 9.53 Å². The molecule has 0 atom stereocenters. The summed E-state index contributed by atoms with van der Waals surface area (Å²) in [5.74, 6) is 0.656. The van der Waals surface area contributed by atoms with Gasteiger partial charge < -0.3 is 4.74 Å². The standard InChI is InChI=1S/C17H17N3O2S2/c1-4-22-13-7-5-12(6-8-13)16-19-11(3)14(24-16)15(21)20-17-18-10(2)9-23-17/h5-9H,4H2,1-3H3,(H,18,20,21). The largest absolute Gasteiger partial charge is 0.494 e. The Labute approximate surface area is 148 Å². The Balaban J connectivity index is 1.80. The third-order valence-electron chi connectivity index (χ3n) is 3.25. The maximum Gasteiger partial charge on any atom is 0.269 e. The smallest absolute Gasteiger partial charge is 0.269 e. The van der Waals surface area contributed by atoms with Gasteiger partial charge in [-0.15, -0.1) is 22.7 Å². The fourth-order valence-electron chi connectivity index (χ4n) is 2.16. The summed E-state index contributed by atoms with van der Waals surface area (Å²) in [5, 5.41) is 6.15. The number of ether oxygens (including phenoxy) is 1. The lowest BCUT2D eigenvalue weighted by molar-refractivity contribution is 0.103. The first-order chi connectivity index (χ1) is 11.6. The van der Waals surface area contributed by atoms with Crippen LogP contribution in [0.2, 0.25) is 0 Å². The molecule has 0 unspecified atom stereocenters. The highest BCUT2D eigenvalue weighted by Gasteiger charge is 2.17. The lowest BCUT2D eigenvalue weighted by atomic mass is 10.2. The number of amides is 1. The highest BCUT2D eigenvalue weighted by molar-refractivity contribution is 7.17. The van der Waals surface area contributed by atoms with Crippen LogP contribution in [-0.2, 0) is 0 Å². The van der Waals surface area contributed by atoms with Gasteiger partial charge in [0.2, 0.25) is 0 Å². The zero-order chi connectivity index (χ0) is 17.1. The van der Waals surface area contributed by atoms with E-state index in [9.17, 15) is 4.79 Å². The average molecular weight is 359 g/mol.